The average molecular weight is 275 g/mol. The van der Waals surface area contributed by atoms with Gasteiger partial charge in [0.05, 0.1) is 5.71 Å². The van der Waals surface area contributed by atoms with E-state index in [1.165, 1.54) is 6.20 Å². The van der Waals surface area contributed by atoms with Gasteiger partial charge in [-0.3, -0.25) is 4.98 Å². The Labute approximate surface area is 120 Å². The van der Waals surface area contributed by atoms with Gasteiger partial charge in [0.15, 0.2) is 0 Å². The fourth-order valence-corrected chi connectivity index (χ4v) is 1.45. The lowest BCUT2D eigenvalue weighted by Gasteiger charge is -2.22. The largest absolute Gasteiger partial charge is 0.442 e. The molecule has 0 aliphatic rings. The Hall–Kier alpha value is -2.17. The van der Waals surface area contributed by atoms with Crippen LogP contribution in [0.15, 0.2) is 36.2 Å². The number of hydrogen-bond donors (Lipinski definition) is 0. The number of rotatable bonds is 3. The maximum atomic E-state index is 11.9. The van der Waals surface area contributed by atoms with Crippen molar-refractivity contribution in [3.8, 4) is 0 Å². The molecule has 1 heterocycles. The van der Waals surface area contributed by atoms with E-state index in [-0.39, 0.29) is 0 Å². The Morgan fingerprint density at radius 2 is 2.15 bits per heavy atom. The normalized spacial score (nSPS) is 11.9. The number of hydrogen-bond acceptors (Lipinski definition) is 4. The van der Waals surface area contributed by atoms with Gasteiger partial charge in [0.2, 0.25) is 0 Å². The summed E-state index contributed by atoms with van der Waals surface area (Å²) >= 11 is 0. The number of carbonyl (C=O) groups excluding carboxylic acids is 1. The molecule has 5 heteroatoms. The van der Waals surface area contributed by atoms with Crippen LogP contribution in [0.25, 0.3) is 0 Å². The summed E-state index contributed by atoms with van der Waals surface area (Å²) in [4.78, 5) is 16.1. The molecule has 1 amide bonds. The van der Waals surface area contributed by atoms with Crippen molar-refractivity contribution < 1.29 is 9.53 Å². The number of pyridine rings is 1. The van der Waals surface area contributed by atoms with Gasteiger partial charge < -0.3 is 4.74 Å². The molecule has 5 nitrogen and oxygen atoms in total. The van der Waals surface area contributed by atoms with Crippen LogP contribution in [0.3, 0.4) is 0 Å². The van der Waals surface area contributed by atoms with Crippen LogP contribution in [0.4, 0.5) is 4.79 Å². The van der Waals surface area contributed by atoms with Crippen LogP contribution in [0, 0.1) is 6.92 Å². The number of aryl methyl sites for hydroxylation is 1. The molecule has 0 saturated carbocycles. The zero-order chi connectivity index (χ0) is 15.3. The molecular formula is C15H21N3O2. The number of nitrogens with zero attached hydrogens (tertiary/aromatic N) is 3. The Morgan fingerprint density at radius 3 is 2.65 bits per heavy atom. The molecule has 1 aromatic heterocycles. The van der Waals surface area contributed by atoms with Gasteiger partial charge in [0.25, 0.3) is 0 Å². The number of carbonyl (C=O) groups is 1. The monoisotopic (exact) mass is 275 g/mol. The lowest BCUT2D eigenvalue weighted by molar-refractivity contribution is 0.0339. The third-order valence-corrected chi connectivity index (χ3v) is 2.33. The van der Waals surface area contributed by atoms with Gasteiger partial charge in [-0.25, -0.2) is 4.79 Å². The molecule has 108 valence electrons. The maximum Gasteiger partial charge on any atom is 0.435 e. The van der Waals surface area contributed by atoms with Crippen LogP contribution < -0.4 is 0 Å². The van der Waals surface area contributed by atoms with E-state index in [0.29, 0.717) is 5.71 Å². The van der Waals surface area contributed by atoms with Crippen molar-refractivity contribution in [1.82, 2.24) is 9.99 Å². The molecule has 0 aliphatic carbocycles. The van der Waals surface area contributed by atoms with Crippen LogP contribution >= 0.6 is 0 Å². The zero-order valence-corrected chi connectivity index (χ0v) is 12.7. The van der Waals surface area contributed by atoms with Crippen molar-refractivity contribution in [3.05, 3.63) is 42.4 Å². The molecule has 0 aromatic carbocycles. The minimum absolute atomic E-state index is 0.558. The van der Waals surface area contributed by atoms with Crippen LogP contribution in [-0.4, -0.2) is 27.4 Å². The molecule has 0 atom stereocenters. The van der Waals surface area contributed by atoms with Gasteiger partial charge in [-0.1, -0.05) is 6.58 Å². The summed E-state index contributed by atoms with van der Waals surface area (Å²) in [6.45, 7) is 12.7. The highest BCUT2D eigenvalue weighted by molar-refractivity contribution is 5.99. The summed E-state index contributed by atoms with van der Waals surface area (Å²) in [6, 6.07) is 3.73. The van der Waals surface area contributed by atoms with Gasteiger partial charge in [-0.15, -0.1) is 0 Å². The predicted molar refractivity (Wildman–Crippen MR) is 79.5 cm³/mol. The minimum atomic E-state index is -0.574. The molecule has 0 bridgehead atoms. The summed E-state index contributed by atoms with van der Waals surface area (Å²) in [5, 5.41) is 5.31. The highest BCUT2D eigenvalue weighted by atomic mass is 16.6. The molecule has 0 saturated heterocycles. The van der Waals surface area contributed by atoms with Gasteiger partial charge in [0.1, 0.15) is 5.60 Å². The van der Waals surface area contributed by atoms with Gasteiger partial charge in [-0.2, -0.15) is 10.1 Å². The molecule has 0 radical (unpaired) electrons. The van der Waals surface area contributed by atoms with E-state index in [1.54, 1.807) is 27.0 Å². The number of hydrazone groups is 1. The summed E-state index contributed by atoms with van der Waals surface area (Å²) in [5.74, 6) is 0. The molecule has 1 aromatic rings. The molecule has 0 spiro atoms. The van der Waals surface area contributed by atoms with E-state index in [1.807, 2.05) is 26.0 Å². The second-order valence-electron chi connectivity index (χ2n) is 5.38. The van der Waals surface area contributed by atoms with Crippen molar-refractivity contribution in [2.24, 2.45) is 5.10 Å². The first-order valence-electron chi connectivity index (χ1n) is 6.36. The summed E-state index contributed by atoms with van der Waals surface area (Å²) in [5.41, 5.74) is 1.89. The van der Waals surface area contributed by atoms with Crippen molar-refractivity contribution in [2.75, 3.05) is 0 Å². The van der Waals surface area contributed by atoms with E-state index in [9.17, 15) is 4.79 Å². The van der Waals surface area contributed by atoms with Gasteiger partial charge >= 0.3 is 6.09 Å². The molecular weight excluding hydrogens is 254 g/mol. The third kappa shape index (κ3) is 4.84. The number of aromatic nitrogens is 1. The highest BCUT2D eigenvalue weighted by Gasteiger charge is 2.20. The molecule has 20 heavy (non-hydrogen) atoms. The first-order valence-corrected chi connectivity index (χ1v) is 6.36. The Kier molecular flexibility index (Phi) is 5.02. The van der Waals surface area contributed by atoms with E-state index in [2.05, 4.69) is 16.7 Å². The van der Waals surface area contributed by atoms with E-state index < -0.39 is 11.7 Å². The quantitative estimate of drug-likeness (QED) is 0.626. The second-order valence-corrected chi connectivity index (χ2v) is 5.38. The predicted octanol–water partition coefficient (Wildman–Crippen LogP) is 3.49. The molecule has 0 aliphatic heterocycles. The zero-order valence-electron chi connectivity index (χ0n) is 12.7. The Bertz CT molecular complexity index is 530. The maximum absolute atomic E-state index is 11.9. The van der Waals surface area contributed by atoms with Gasteiger partial charge in [-0.05, 0) is 46.8 Å². The van der Waals surface area contributed by atoms with Crippen LogP contribution in [0.1, 0.15) is 39.0 Å². The van der Waals surface area contributed by atoms with Crippen molar-refractivity contribution in [3.63, 3.8) is 0 Å². The van der Waals surface area contributed by atoms with Gasteiger partial charge in [0, 0.05) is 23.7 Å². The third-order valence-electron chi connectivity index (χ3n) is 2.33. The highest BCUT2D eigenvalue weighted by Crippen LogP contribution is 2.11. The average Bonchev–Trinajstić information content (AvgIpc) is 2.33. The van der Waals surface area contributed by atoms with Crippen LogP contribution in [0.2, 0.25) is 0 Å². The lowest BCUT2D eigenvalue weighted by Crippen LogP contribution is -2.31. The molecule has 1 rings (SSSR count). The SMILES string of the molecule is C=CN(N=C(C)c1ccnc(C)c1)C(=O)OC(C)(C)C. The van der Waals surface area contributed by atoms with E-state index in [0.717, 1.165) is 16.3 Å². The first kappa shape index (κ1) is 15.9. The van der Waals surface area contributed by atoms with Crippen LogP contribution in [0.5, 0.6) is 0 Å². The Balaban J connectivity index is 2.94. The first-order chi connectivity index (χ1) is 9.23. The van der Waals surface area contributed by atoms with Crippen molar-refractivity contribution >= 4 is 11.8 Å². The Morgan fingerprint density at radius 1 is 1.50 bits per heavy atom. The fourth-order valence-electron chi connectivity index (χ4n) is 1.45. The van der Waals surface area contributed by atoms with E-state index >= 15 is 0 Å². The van der Waals surface area contributed by atoms with Crippen molar-refractivity contribution in [1.29, 1.82) is 0 Å². The molecule has 0 N–H and O–H groups in total. The molecule has 0 unspecified atom stereocenters. The van der Waals surface area contributed by atoms with E-state index in [4.69, 9.17) is 4.74 Å². The smallest absolute Gasteiger partial charge is 0.435 e. The summed E-state index contributed by atoms with van der Waals surface area (Å²) in [7, 11) is 0. The number of ether oxygens (including phenoxy) is 1. The van der Waals surface area contributed by atoms with Crippen LogP contribution in [-0.2, 0) is 4.74 Å². The minimum Gasteiger partial charge on any atom is -0.442 e. The second kappa shape index (κ2) is 6.32. The molecule has 0 fully saturated rings. The topological polar surface area (TPSA) is 54.8 Å². The summed E-state index contributed by atoms with van der Waals surface area (Å²) < 4.78 is 5.25. The lowest BCUT2D eigenvalue weighted by atomic mass is 10.1. The summed E-state index contributed by atoms with van der Waals surface area (Å²) in [6.07, 6.45) is 2.47. The van der Waals surface area contributed by atoms with Crippen molar-refractivity contribution in [2.45, 2.75) is 40.2 Å². The standard InChI is InChI=1S/C15H21N3O2/c1-7-18(14(19)20-15(4,5)6)17-12(3)13-8-9-16-11(2)10-13/h7-10H,1H2,2-6H3. The fraction of sp³-hybridized carbons (Fsp3) is 0.400. The number of amides is 1.